The summed E-state index contributed by atoms with van der Waals surface area (Å²) in [6.45, 7) is 2.06. The lowest BCUT2D eigenvalue weighted by Gasteiger charge is -2.11. The van der Waals surface area contributed by atoms with Crippen LogP contribution in [-0.4, -0.2) is 6.36 Å². The van der Waals surface area contributed by atoms with Gasteiger partial charge in [0.25, 0.3) is 0 Å². The van der Waals surface area contributed by atoms with Crippen LogP contribution in [0.25, 0.3) is 33.0 Å². The third-order valence-corrected chi connectivity index (χ3v) is 5.04. The second-order valence-corrected chi connectivity index (χ2v) is 6.99. The number of hydrogen-bond donors (Lipinski definition) is 0. The van der Waals surface area contributed by atoms with E-state index in [9.17, 15) is 13.2 Å². The van der Waals surface area contributed by atoms with E-state index in [0.29, 0.717) is 10.9 Å². The number of rotatable bonds is 4. The first kappa shape index (κ1) is 20.0. The normalized spacial score (nSPS) is 11.6. The van der Waals surface area contributed by atoms with Crippen molar-refractivity contribution in [1.29, 1.82) is 0 Å². The average molecular weight is 410 g/mol. The molecule has 5 heteroatoms. The molecule has 4 aromatic rings. The van der Waals surface area contributed by atoms with Gasteiger partial charge in [-0.2, -0.15) is 0 Å². The van der Waals surface area contributed by atoms with Gasteiger partial charge in [0.2, 0.25) is 0 Å². The summed E-state index contributed by atoms with van der Waals surface area (Å²) < 4.78 is 55.8. The summed E-state index contributed by atoms with van der Waals surface area (Å²) in [7, 11) is 0. The van der Waals surface area contributed by atoms with Crippen molar-refractivity contribution in [3.05, 3.63) is 90.2 Å². The van der Waals surface area contributed by atoms with E-state index in [1.54, 1.807) is 30.3 Å². The van der Waals surface area contributed by atoms with Crippen LogP contribution in [0.4, 0.5) is 17.6 Å². The Labute approximate surface area is 171 Å². The molecule has 4 rings (SSSR count). The van der Waals surface area contributed by atoms with E-state index in [2.05, 4.69) is 11.7 Å². The fourth-order valence-electron chi connectivity index (χ4n) is 3.48. The van der Waals surface area contributed by atoms with E-state index in [-0.39, 0.29) is 11.6 Å². The minimum absolute atomic E-state index is 0.267. The Morgan fingerprint density at radius 3 is 1.93 bits per heavy atom. The van der Waals surface area contributed by atoms with Gasteiger partial charge in [-0.25, -0.2) is 4.39 Å². The van der Waals surface area contributed by atoms with Crippen molar-refractivity contribution in [1.82, 2.24) is 0 Å². The number of aryl methyl sites for hydroxylation is 1. The molecule has 0 aromatic heterocycles. The molecular formula is C25H18F4O. The second-order valence-electron chi connectivity index (χ2n) is 6.99. The first-order valence-corrected chi connectivity index (χ1v) is 9.52. The molecule has 0 spiro atoms. The van der Waals surface area contributed by atoms with Gasteiger partial charge in [0, 0.05) is 10.9 Å². The van der Waals surface area contributed by atoms with Crippen molar-refractivity contribution in [2.24, 2.45) is 0 Å². The Morgan fingerprint density at radius 2 is 1.33 bits per heavy atom. The molecule has 30 heavy (non-hydrogen) atoms. The Hall–Kier alpha value is -3.34. The number of ether oxygens (including phenoxy) is 1. The summed E-state index contributed by atoms with van der Waals surface area (Å²) in [4.78, 5) is 0. The molecule has 0 unspecified atom stereocenters. The Morgan fingerprint density at radius 1 is 0.733 bits per heavy atom. The maximum absolute atomic E-state index is 15.1. The van der Waals surface area contributed by atoms with Gasteiger partial charge >= 0.3 is 6.36 Å². The van der Waals surface area contributed by atoms with Crippen molar-refractivity contribution in [2.45, 2.75) is 19.7 Å². The molecule has 0 aliphatic carbocycles. The summed E-state index contributed by atoms with van der Waals surface area (Å²) >= 11 is 0. The molecule has 0 bridgehead atoms. The molecular weight excluding hydrogens is 392 g/mol. The number of benzene rings is 4. The van der Waals surface area contributed by atoms with E-state index < -0.39 is 6.36 Å². The fraction of sp³-hybridized carbons (Fsp3) is 0.120. The van der Waals surface area contributed by atoms with Gasteiger partial charge in [-0.3, -0.25) is 0 Å². The fourth-order valence-corrected chi connectivity index (χ4v) is 3.48. The molecule has 0 aliphatic heterocycles. The number of alkyl halides is 3. The zero-order valence-corrected chi connectivity index (χ0v) is 16.1. The van der Waals surface area contributed by atoms with Crippen LogP contribution < -0.4 is 4.74 Å². The van der Waals surface area contributed by atoms with Crippen molar-refractivity contribution in [2.75, 3.05) is 0 Å². The third kappa shape index (κ3) is 4.15. The molecule has 0 heterocycles. The lowest BCUT2D eigenvalue weighted by Crippen LogP contribution is -2.16. The van der Waals surface area contributed by atoms with Crippen LogP contribution in [0.5, 0.6) is 5.75 Å². The van der Waals surface area contributed by atoms with Gasteiger partial charge in [-0.15, -0.1) is 13.2 Å². The Kier molecular flexibility index (Phi) is 5.20. The van der Waals surface area contributed by atoms with Crippen molar-refractivity contribution in [3.8, 4) is 28.0 Å². The average Bonchev–Trinajstić information content (AvgIpc) is 2.73. The van der Waals surface area contributed by atoms with Gasteiger partial charge in [0.1, 0.15) is 11.6 Å². The van der Waals surface area contributed by atoms with Crippen LogP contribution in [0, 0.1) is 5.82 Å². The van der Waals surface area contributed by atoms with Crippen LogP contribution in [0.3, 0.4) is 0 Å². The van der Waals surface area contributed by atoms with Crippen molar-refractivity contribution >= 4 is 10.8 Å². The predicted molar refractivity (Wildman–Crippen MR) is 111 cm³/mol. The van der Waals surface area contributed by atoms with E-state index in [4.69, 9.17) is 0 Å². The highest BCUT2D eigenvalue weighted by molar-refractivity contribution is 5.89. The molecule has 0 fully saturated rings. The molecule has 4 aromatic carbocycles. The van der Waals surface area contributed by atoms with E-state index in [1.165, 1.54) is 12.1 Å². The van der Waals surface area contributed by atoms with Crippen LogP contribution in [0.15, 0.2) is 78.9 Å². The van der Waals surface area contributed by atoms with Crippen LogP contribution in [-0.2, 0) is 6.42 Å². The molecule has 0 saturated heterocycles. The van der Waals surface area contributed by atoms with Crippen LogP contribution >= 0.6 is 0 Å². The number of hydrogen-bond acceptors (Lipinski definition) is 1. The molecule has 0 N–H and O–H groups in total. The molecule has 0 aliphatic rings. The van der Waals surface area contributed by atoms with Crippen molar-refractivity contribution in [3.63, 3.8) is 0 Å². The molecule has 1 nitrogen and oxygen atoms in total. The monoisotopic (exact) mass is 410 g/mol. The molecule has 0 amide bonds. The minimum Gasteiger partial charge on any atom is -0.406 e. The Balaban J connectivity index is 1.61. The van der Waals surface area contributed by atoms with Gasteiger partial charge < -0.3 is 4.74 Å². The highest BCUT2D eigenvalue weighted by atomic mass is 19.4. The lowest BCUT2D eigenvalue weighted by molar-refractivity contribution is -0.274. The quantitative estimate of drug-likeness (QED) is 0.312. The van der Waals surface area contributed by atoms with Crippen LogP contribution in [0.2, 0.25) is 0 Å². The molecule has 0 saturated carbocycles. The topological polar surface area (TPSA) is 9.23 Å². The van der Waals surface area contributed by atoms with E-state index in [0.717, 1.165) is 34.1 Å². The zero-order chi connectivity index (χ0) is 21.3. The largest absolute Gasteiger partial charge is 0.573 e. The minimum atomic E-state index is -4.72. The standard InChI is InChI=1S/C25H18F4O/c1-2-16-3-13-23-20(15-16)10-14-22(24(23)26)19-6-4-17(5-7-19)18-8-11-21(12-9-18)30-25(27,28)29/h3-15H,2H2,1H3. The van der Waals surface area contributed by atoms with Gasteiger partial charge in [-0.1, -0.05) is 73.7 Å². The SMILES string of the molecule is CCc1ccc2c(F)c(-c3ccc(-c4ccc(OC(F)(F)F)cc4)cc3)ccc2c1. The first-order valence-electron chi connectivity index (χ1n) is 9.52. The zero-order valence-electron chi connectivity index (χ0n) is 16.1. The summed E-state index contributed by atoms with van der Waals surface area (Å²) in [6, 6.07) is 22.3. The van der Waals surface area contributed by atoms with E-state index in [1.807, 2.05) is 36.4 Å². The number of halogens is 4. The van der Waals surface area contributed by atoms with Crippen LogP contribution in [0.1, 0.15) is 12.5 Å². The molecule has 0 atom stereocenters. The summed E-state index contributed by atoms with van der Waals surface area (Å²) in [6.07, 6.45) is -3.82. The highest BCUT2D eigenvalue weighted by Crippen LogP contribution is 2.32. The summed E-state index contributed by atoms with van der Waals surface area (Å²) in [5, 5.41) is 1.45. The lowest BCUT2D eigenvalue weighted by atomic mass is 9.96. The highest BCUT2D eigenvalue weighted by Gasteiger charge is 2.30. The van der Waals surface area contributed by atoms with Crippen molar-refractivity contribution < 1.29 is 22.3 Å². The third-order valence-electron chi connectivity index (χ3n) is 5.04. The predicted octanol–water partition coefficient (Wildman–Crippen LogP) is 7.77. The molecule has 152 valence electrons. The first-order chi connectivity index (χ1) is 14.3. The smallest absolute Gasteiger partial charge is 0.406 e. The van der Waals surface area contributed by atoms with Gasteiger partial charge in [0.15, 0.2) is 0 Å². The summed E-state index contributed by atoms with van der Waals surface area (Å²) in [5.41, 5.74) is 3.95. The Bertz CT molecular complexity index is 1180. The molecule has 0 radical (unpaired) electrons. The van der Waals surface area contributed by atoms with Gasteiger partial charge in [0.05, 0.1) is 0 Å². The second kappa shape index (κ2) is 7.82. The summed E-state index contributed by atoms with van der Waals surface area (Å²) in [5.74, 6) is -0.538. The maximum atomic E-state index is 15.1. The van der Waals surface area contributed by atoms with Gasteiger partial charge in [-0.05, 0) is 46.2 Å². The number of fused-ring (bicyclic) bond motifs is 1. The maximum Gasteiger partial charge on any atom is 0.573 e. The van der Waals surface area contributed by atoms with E-state index >= 15 is 4.39 Å².